The first-order valence-corrected chi connectivity index (χ1v) is 4.30. The molecule has 0 saturated heterocycles. The predicted octanol–water partition coefficient (Wildman–Crippen LogP) is 1.82. The van der Waals surface area contributed by atoms with E-state index in [1.54, 1.807) is 6.07 Å². The van der Waals surface area contributed by atoms with E-state index in [2.05, 4.69) is 25.9 Å². The van der Waals surface area contributed by atoms with Gasteiger partial charge >= 0.3 is 0 Å². The van der Waals surface area contributed by atoms with Crippen molar-refractivity contribution in [1.29, 1.82) is 0 Å². The maximum Gasteiger partial charge on any atom is 0.266 e. The second kappa shape index (κ2) is 2.92. The van der Waals surface area contributed by atoms with Crippen LogP contribution in [0.15, 0.2) is 27.6 Å². The third-order valence-electron chi connectivity index (χ3n) is 1.60. The number of hydrogen-bond acceptors (Lipinski definition) is 2. The fourth-order valence-corrected chi connectivity index (χ4v) is 1.51. The third kappa shape index (κ3) is 1.47. The molecule has 2 aromatic rings. The summed E-state index contributed by atoms with van der Waals surface area (Å²) in [6.45, 7) is 0. The Balaban J connectivity index is 2.94. The van der Waals surface area contributed by atoms with Crippen LogP contribution in [0.25, 0.3) is 11.0 Å². The highest BCUT2D eigenvalue weighted by atomic mass is 79.9. The van der Waals surface area contributed by atoms with Gasteiger partial charge in [0.1, 0.15) is 5.52 Å². The van der Waals surface area contributed by atoms with Crippen molar-refractivity contribution in [2.45, 2.75) is 0 Å². The van der Waals surface area contributed by atoms with Crippen LogP contribution >= 0.6 is 15.9 Å². The summed E-state index contributed by atoms with van der Waals surface area (Å²) in [4.78, 5) is 17.0. The van der Waals surface area contributed by atoms with Gasteiger partial charge in [-0.05, 0) is 12.1 Å². The fourth-order valence-electron chi connectivity index (χ4n) is 1.08. The van der Waals surface area contributed by atoms with Crippen molar-refractivity contribution >= 4 is 27.0 Å². The lowest BCUT2D eigenvalue weighted by molar-refractivity contribution is 0.635. The zero-order valence-electron chi connectivity index (χ0n) is 6.34. The Bertz CT molecular complexity index is 523. The summed E-state index contributed by atoms with van der Waals surface area (Å²) in [6.07, 6.45) is 1.05. The molecular formula is C8H4BrFN2O. The SMILES string of the molecule is O=c1cnc2c(F)cc(Br)cc2[nH]1. The largest absolute Gasteiger partial charge is 0.319 e. The monoisotopic (exact) mass is 242 g/mol. The predicted molar refractivity (Wildman–Crippen MR) is 50.0 cm³/mol. The van der Waals surface area contributed by atoms with Gasteiger partial charge in [-0.15, -0.1) is 0 Å². The molecule has 1 N–H and O–H groups in total. The van der Waals surface area contributed by atoms with Crippen molar-refractivity contribution in [2.24, 2.45) is 0 Å². The first kappa shape index (κ1) is 8.37. The molecule has 0 atom stereocenters. The van der Waals surface area contributed by atoms with Crippen LogP contribution in [0.3, 0.4) is 0 Å². The zero-order chi connectivity index (χ0) is 9.42. The number of fused-ring (bicyclic) bond motifs is 1. The van der Waals surface area contributed by atoms with E-state index in [1.165, 1.54) is 6.07 Å². The van der Waals surface area contributed by atoms with E-state index >= 15 is 0 Å². The van der Waals surface area contributed by atoms with Crippen LogP contribution in [-0.2, 0) is 0 Å². The number of aromatic nitrogens is 2. The molecule has 0 saturated carbocycles. The molecule has 0 aliphatic rings. The minimum absolute atomic E-state index is 0.169. The summed E-state index contributed by atoms with van der Waals surface area (Å²) in [5.74, 6) is -0.458. The van der Waals surface area contributed by atoms with Gasteiger partial charge in [-0.3, -0.25) is 4.79 Å². The van der Waals surface area contributed by atoms with Gasteiger partial charge < -0.3 is 4.98 Å². The molecule has 5 heteroatoms. The van der Waals surface area contributed by atoms with Crippen molar-refractivity contribution in [3.05, 3.63) is 39.0 Å². The number of aromatic amines is 1. The van der Waals surface area contributed by atoms with Gasteiger partial charge in [-0.1, -0.05) is 15.9 Å². The van der Waals surface area contributed by atoms with Crippen LogP contribution in [0.5, 0.6) is 0 Å². The minimum Gasteiger partial charge on any atom is -0.319 e. The van der Waals surface area contributed by atoms with Crippen LogP contribution in [0.2, 0.25) is 0 Å². The van der Waals surface area contributed by atoms with Gasteiger partial charge in [0.15, 0.2) is 5.82 Å². The summed E-state index contributed by atoms with van der Waals surface area (Å²) < 4.78 is 13.7. The lowest BCUT2D eigenvalue weighted by Crippen LogP contribution is -2.05. The van der Waals surface area contributed by atoms with Crippen molar-refractivity contribution < 1.29 is 4.39 Å². The number of benzene rings is 1. The maximum absolute atomic E-state index is 13.2. The van der Waals surface area contributed by atoms with E-state index in [4.69, 9.17) is 0 Å². The lowest BCUT2D eigenvalue weighted by Gasteiger charge is -1.98. The average Bonchev–Trinajstić information content (AvgIpc) is 2.02. The second-order valence-electron chi connectivity index (χ2n) is 2.53. The smallest absolute Gasteiger partial charge is 0.266 e. The first-order valence-electron chi connectivity index (χ1n) is 3.51. The van der Waals surface area contributed by atoms with E-state index < -0.39 is 5.82 Å². The molecule has 13 heavy (non-hydrogen) atoms. The van der Waals surface area contributed by atoms with Crippen LogP contribution in [0.4, 0.5) is 4.39 Å². The molecule has 66 valence electrons. The Kier molecular flexibility index (Phi) is 1.88. The molecule has 3 nitrogen and oxygen atoms in total. The molecule has 1 aromatic heterocycles. The summed E-state index contributed by atoms with van der Waals surface area (Å²) in [7, 11) is 0. The highest BCUT2D eigenvalue weighted by Crippen LogP contribution is 2.18. The third-order valence-corrected chi connectivity index (χ3v) is 2.05. The number of nitrogens with one attached hydrogen (secondary N) is 1. The molecule has 0 amide bonds. The quantitative estimate of drug-likeness (QED) is 0.767. The molecule has 0 aliphatic carbocycles. The molecule has 0 aliphatic heterocycles. The minimum atomic E-state index is -0.458. The molecule has 0 unspecified atom stereocenters. The van der Waals surface area contributed by atoms with Gasteiger partial charge in [-0.25, -0.2) is 9.37 Å². The van der Waals surface area contributed by atoms with E-state index in [9.17, 15) is 9.18 Å². The highest BCUT2D eigenvalue weighted by Gasteiger charge is 2.03. The summed E-state index contributed by atoms with van der Waals surface area (Å²) in [6, 6.07) is 2.90. The van der Waals surface area contributed by atoms with Crippen LogP contribution in [0, 0.1) is 5.82 Å². The average molecular weight is 243 g/mol. The van der Waals surface area contributed by atoms with E-state index in [-0.39, 0.29) is 11.1 Å². The summed E-state index contributed by atoms with van der Waals surface area (Å²) >= 11 is 3.12. The fraction of sp³-hybridized carbons (Fsp3) is 0. The zero-order valence-corrected chi connectivity index (χ0v) is 7.93. The topological polar surface area (TPSA) is 45.8 Å². The Morgan fingerprint density at radius 1 is 1.46 bits per heavy atom. The molecule has 0 radical (unpaired) electrons. The number of halogens is 2. The Hall–Kier alpha value is -1.23. The first-order chi connectivity index (χ1) is 6.16. The molecule has 2 rings (SSSR count). The van der Waals surface area contributed by atoms with Crippen molar-refractivity contribution in [1.82, 2.24) is 9.97 Å². The Morgan fingerprint density at radius 2 is 2.23 bits per heavy atom. The molecule has 1 aromatic carbocycles. The van der Waals surface area contributed by atoms with Gasteiger partial charge in [0.25, 0.3) is 5.56 Å². The number of rotatable bonds is 0. The number of hydrogen-bond donors (Lipinski definition) is 1. The van der Waals surface area contributed by atoms with Crippen molar-refractivity contribution in [2.75, 3.05) is 0 Å². The highest BCUT2D eigenvalue weighted by molar-refractivity contribution is 9.10. The molecule has 0 spiro atoms. The lowest BCUT2D eigenvalue weighted by atomic mass is 10.3. The van der Waals surface area contributed by atoms with Gasteiger partial charge in [0.05, 0.1) is 11.7 Å². The molecule has 0 bridgehead atoms. The molecule has 1 heterocycles. The number of nitrogens with zero attached hydrogens (tertiary/aromatic N) is 1. The van der Waals surface area contributed by atoms with E-state index in [0.717, 1.165) is 6.20 Å². The Morgan fingerprint density at radius 3 is 3.00 bits per heavy atom. The normalized spacial score (nSPS) is 10.6. The molecular weight excluding hydrogens is 239 g/mol. The van der Waals surface area contributed by atoms with Gasteiger partial charge in [0, 0.05) is 4.47 Å². The standard InChI is InChI=1S/C8H4BrFN2O/c9-4-1-5(10)8-6(2-4)12-7(13)3-11-8/h1-3H,(H,12,13). The van der Waals surface area contributed by atoms with Crippen LogP contribution in [-0.4, -0.2) is 9.97 Å². The van der Waals surface area contributed by atoms with Gasteiger partial charge in [0.2, 0.25) is 0 Å². The van der Waals surface area contributed by atoms with Crippen molar-refractivity contribution in [3.63, 3.8) is 0 Å². The summed E-state index contributed by atoms with van der Waals surface area (Å²) in [5.41, 5.74) is 0.215. The van der Waals surface area contributed by atoms with Crippen molar-refractivity contribution in [3.8, 4) is 0 Å². The van der Waals surface area contributed by atoms with E-state index in [1.807, 2.05) is 0 Å². The van der Waals surface area contributed by atoms with E-state index in [0.29, 0.717) is 9.99 Å². The number of H-pyrrole nitrogens is 1. The molecule has 0 fully saturated rings. The maximum atomic E-state index is 13.2. The van der Waals surface area contributed by atoms with Crippen LogP contribution < -0.4 is 5.56 Å². The Labute approximate surface area is 80.7 Å². The second-order valence-corrected chi connectivity index (χ2v) is 3.45. The van der Waals surface area contributed by atoms with Crippen LogP contribution in [0.1, 0.15) is 0 Å². The van der Waals surface area contributed by atoms with Gasteiger partial charge in [-0.2, -0.15) is 0 Å². The summed E-state index contributed by atoms with van der Waals surface area (Å²) in [5, 5.41) is 0.